The van der Waals surface area contributed by atoms with Crippen LogP contribution in [-0.2, 0) is 4.79 Å². The second-order valence-corrected chi connectivity index (χ2v) is 4.75. The van der Waals surface area contributed by atoms with Crippen molar-refractivity contribution in [2.75, 3.05) is 5.32 Å². The molecule has 0 fully saturated rings. The Morgan fingerprint density at radius 2 is 1.87 bits per heavy atom. The van der Waals surface area contributed by atoms with Crippen molar-refractivity contribution >= 4 is 23.4 Å². The maximum absolute atomic E-state index is 12.2. The Kier molecular flexibility index (Phi) is 4.85. The first-order chi connectivity index (χ1) is 11.0. The molecule has 0 aliphatic rings. The summed E-state index contributed by atoms with van der Waals surface area (Å²) in [4.78, 5) is 22.6. The summed E-state index contributed by atoms with van der Waals surface area (Å²) in [5, 5.41) is 22.8. The molecule has 1 amide bonds. The van der Waals surface area contributed by atoms with E-state index in [0.717, 1.165) is 5.56 Å². The number of nitro groups is 1. The van der Waals surface area contributed by atoms with Crippen molar-refractivity contribution < 1.29 is 9.72 Å². The molecule has 0 radical (unpaired) electrons. The van der Waals surface area contributed by atoms with Gasteiger partial charge >= 0.3 is 0 Å². The highest BCUT2D eigenvalue weighted by Crippen LogP contribution is 2.21. The van der Waals surface area contributed by atoms with Crippen LogP contribution in [0.1, 0.15) is 11.1 Å². The third-order valence-electron chi connectivity index (χ3n) is 3.19. The van der Waals surface area contributed by atoms with E-state index < -0.39 is 10.8 Å². The average Bonchev–Trinajstić information content (AvgIpc) is 2.54. The molecule has 6 nitrogen and oxygen atoms in total. The van der Waals surface area contributed by atoms with E-state index in [2.05, 4.69) is 5.32 Å². The molecule has 2 aromatic carbocycles. The number of nitro benzene ring substituents is 1. The monoisotopic (exact) mass is 307 g/mol. The fourth-order valence-corrected chi connectivity index (χ4v) is 1.98. The average molecular weight is 307 g/mol. The molecule has 0 spiro atoms. The van der Waals surface area contributed by atoms with Crippen molar-refractivity contribution in [1.29, 1.82) is 5.26 Å². The van der Waals surface area contributed by atoms with Crippen LogP contribution in [-0.4, -0.2) is 10.8 Å². The van der Waals surface area contributed by atoms with E-state index in [-0.39, 0.29) is 16.8 Å². The second-order valence-electron chi connectivity index (χ2n) is 4.75. The van der Waals surface area contributed by atoms with E-state index in [9.17, 15) is 20.2 Å². The van der Waals surface area contributed by atoms with E-state index in [1.54, 1.807) is 24.3 Å². The van der Waals surface area contributed by atoms with Crippen molar-refractivity contribution in [3.05, 3.63) is 75.3 Å². The van der Waals surface area contributed by atoms with Gasteiger partial charge in [0.1, 0.15) is 11.6 Å². The van der Waals surface area contributed by atoms with Crippen LogP contribution in [0.2, 0.25) is 0 Å². The fraction of sp³-hybridized carbons (Fsp3) is 0.0588. The van der Waals surface area contributed by atoms with Gasteiger partial charge in [0.25, 0.3) is 11.6 Å². The fourth-order valence-electron chi connectivity index (χ4n) is 1.98. The molecule has 2 rings (SSSR count). The Bertz CT molecular complexity index is 835. The molecule has 0 bridgehead atoms. The maximum Gasteiger partial charge on any atom is 0.276 e. The molecule has 0 aliphatic carbocycles. The minimum atomic E-state index is -0.611. The molecule has 0 aliphatic heterocycles. The number of aryl methyl sites for hydroxylation is 1. The highest BCUT2D eigenvalue weighted by atomic mass is 16.6. The Balaban J connectivity index is 2.33. The number of carbonyl (C=O) groups excluding carboxylic acids is 1. The van der Waals surface area contributed by atoms with E-state index >= 15 is 0 Å². The van der Waals surface area contributed by atoms with Gasteiger partial charge in [0.2, 0.25) is 0 Å². The first-order valence-corrected chi connectivity index (χ1v) is 6.75. The number of nitriles is 1. The van der Waals surface area contributed by atoms with Gasteiger partial charge in [0, 0.05) is 11.8 Å². The lowest BCUT2D eigenvalue weighted by molar-refractivity contribution is -0.385. The summed E-state index contributed by atoms with van der Waals surface area (Å²) in [5.74, 6) is -0.611. The second kappa shape index (κ2) is 7.00. The smallest absolute Gasteiger partial charge is 0.276 e. The molecule has 23 heavy (non-hydrogen) atoms. The lowest BCUT2D eigenvalue weighted by Crippen LogP contribution is -2.14. The van der Waals surface area contributed by atoms with Crippen LogP contribution in [0.25, 0.3) is 6.08 Å². The standard InChI is InChI=1S/C17H13N3O3/c1-12-6-2-4-8-15(12)19-17(21)14(11-18)10-13-7-3-5-9-16(13)20(22)23/h2-10H,1H3,(H,19,21). The van der Waals surface area contributed by atoms with Gasteiger partial charge in [-0.1, -0.05) is 30.3 Å². The summed E-state index contributed by atoms with van der Waals surface area (Å²) in [6.07, 6.45) is 1.21. The molecule has 0 aromatic heterocycles. The summed E-state index contributed by atoms with van der Waals surface area (Å²) in [7, 11) is 0. The van der Waals surface area contributed by atoms with Crippen LogP contribution in [0.4, 0.5) is 11.4 Å². The Morgan fingerprint density at radius 1 is 1.22 bits per heavy atom. The van der Waals surface area contributed by atoms with Gasteiger partial charge in [0.15, 0.2) is 0 Å². The molecule has 0 saturated heterocycles. The molecule has 1 N–H and O–H groups in total. The highest BCUT2D eigenvalue weighted by Gasteiger charge is 2.15. The number of rotatable bonds is 4. The van der Waals surface area contributed by atoms with Crippen LogP contribution < -0.4 is 5.32 Å². The number of amides is 1. The molecule has 2 aromatic rings. The van der Waals surface area contributed by atoms with Gasteiger partial charge in [0.05, 0.1) is 10.5 Å². The van der Waals surface area contributed by atoms with Crippen molar-refractivity contribution in [2.24, 2.45) is 0 Å². The number of hydrogen-bond acceptors (Lipinski definition) is 4. The third-order valence-corrected chi connectivity index (χ3v) is 3.19. The van der Waals surface area contributed by atoms with Crippen LogP contribution >= 0.6 is 0 Å². The first-order valence-electron chi connectivity index (χ1n) is 6.75. The van der Waals surface area contributed by atoms with Crippen molar-refractivity contribution in [3.8, 4) is 6.07 Å². The van der Waals surface area contributed by atoms with Crippen molar-refractivity contribution in [2.45, 2.75) is 6.92 Å². The molecular weight excluding hydrogens is 294 g/mol. The largest absolute Gasteiger partial charge is 0.321 e. The SMILES string of the molecule is Cc1ccccc1NC(=O)C(C#N)=Cc1ccccc1[N+](=O)[O-]. The Labute approximate surface area is 132 Å². The minimum absolute atomic E-state index is 0.163. The topological polar surface area (TPSA) is 96.0 Å². The van der Waals surface area contributed by atoms with Crippen molar-refractivity contribution in [1.82, 2.24) is 0 Å². The molecule has 0 atom stereocenters. The van der Waals surface area contributed by atoms with Crippen molar-refractivity contribution in [3.63, 3.8) is 0 Å². The first kappa shape index (κ1) is 15.9. The lowest BCUT2D eigenvalue weighted by atomic mass is 10.1. The summed E-state index contributed by atoms with van der Waals surface area (Å²) in [6.45, 7) is 1.83. The van der Waals surface area contributed by atoms with Gasteiger partial charge < -0.3 is 5.32 Å². The normalized spacial score (nSPS) is 10.7. The molecule has 114 valence electrons. The minimum Gasteiger partial charge on any atom is -0.321 e. The summed E-state index contributed by atoms with van der Waals surface area (Å²) < 4.78 is 0. The number of benzene rings is 2. The van der Waals surface area contributed by atoms with Gasteiger partial charge in [-0.15, -0.1) is 0 Å². The quantitative estimate of drug-likeness (QED) is 0.405. The van der Waals surface area contributed by atoms with Crippen LogP contribution in [0, 0.1) is 28.4 Å². The molecule has 6 heteroatoms. The molecule has 0 unspecified atom stereocenters. The molecule has 0 heterocycles. The number of nitrogens with one attached hydrogen (secondary N) is 1. The Morgan fingerprint density at radius 3 is 2.52 bits per heavy atom. The van der Waals surface area contributed by atoms with Crippen LogP contribution in [0.3, 0.4) is 0 Å². The highest BCUT2D eigenvalue weighted by molar-refractivity contribution is 6.10. The van der Waals surface area contributed by atoms with Gasteiger partial charge in [-0.3, -0.25) is 14.9 Å². The van der Waals surface area contributed by atoms with E-state index in [1.807, 2.05) is 19.1 Å². The number of carbonyl (C=O) groups is 1. The van der Waals surface area contributed by atoms with Gasteiger partial charge in [-0.05, 0) is 30.7 Å². The lowest BCUT2D eigenvalue weighted by Gasteiger charge is -2.07. The zero-order valence-electron chi connectivity index (χ0n) is 12.3. The van der Waals surface area contributed by atoms with E-state index in [4.69, 9.17) is 0 Å². The molecular formula is C17H13N3O3. The number of anilines is 1. The van der Waals surface area contributed by atoms with E-state index in [1.165, 1.54) is 24.3 Å². The van der Waals surface area contributed by atoms with Crippen LogP contribution in [0.15, 0.2) is 54.1 Å². The summed E-state index contributed by atoms with van der Waals surface area (Å²) in [6, 6.07) is 14.9. The van der Waals surface area contributed by atoms with E-state index in [0.29, 0.717) is 5.69 Å². The van der Waals surface area contributed by atoms with Gasteiger partial charge in [-0.25, -0.2) is 0 Å². The zero-order chi connectivity index (χ0) is 16.8. The maximum atomic E-state index is 12.2. The predicted molar refractivity (Wildman–Crippen MR) is 86.5 cm³/mol. The Hall–Kier alpha value is -3.46. The third kappa shape index (κ3) is 3.80. The van der Waals surface area contributed by atoms with Gasteiger partial charge in [-0.2, -0.15) is 5.26 Å². The number of para-hydroxylation sites is 2. The zero-order valence-corrected chi connectivity index (χ0v) is 12.3. The van der Waals surface area contributed by atoms with Crippen LogP contribution in [0.5, 0.6) is 0 Å². The summed E-state index contributed by atoms with van der Waals surface area (Å²) in [5.41, 5.74) is 1.27. The number of nitrogens with zero attached hydrogens (tertiary/aromatic N) is 2. The predicted octanol–water partition coefficient (Wildman–Crippen LogP) is 3.45. The molecule has 0 saturated carbocycles. The number of hydrogen-bond donors (Lipinski definition) is 1. The summed E-state index contributed by atoms with van der Waals surface area (Å²) >= 11 is 0.